The molecule has 1 heterocycles. The number of rotatable bonds is 3. The van der Waals surface area contributed by atoms with Crippen LogP contribution in [0.3, 0.4) is 0 Å². The van der Waals surface area contributed by atoms with Crippen LogP contribution in [0.15, 0.2) is 24.3 Å². The van der Waals surface area contributed by atoms with Crippen LogP contribution < -0.4 is 0 Å². The Labute approximate surface area is 127 Å². The van der Waals surface area contributed by atoms with E-state index in [1.165, 1.54) is 11.3 Å². The number of carboxylic acid groups (broad SMARTS) is 1. The fraction of sp³-hybridized carbons (Fsp3) is 0.333. The molecule has 0 unspecified atom stereocenters. The van der Waals surface area contributed by atoms with Gasteiger partial charge in [-0.1, -0.05) is 44.5 Å². The van der Waals surface area contributed by atoms with Crippen LogP contribution in [0.2, 0.25) is 5.02 Å². The third kappa shape index (κ3) is 3.38. The molecule has 0 amide bonds. The van der Waals surface area contributed by atoms with Crippen LogP contribution in [0.5, 0.6) is 0 Å². The SMILES string of the molecule is CC(C)(C)c1nc(Cc2cccc(Cl)c2)sc1C(=O)O. The van der Waals surface area contributed by atoms with Crippen LogP contribution in [0.25, 0.3) is 0 Å². The summed E-state index contributed by atoms with van der Waals surface area (Å²) in [7, 11) is 0. The zero-order chi connectivity index (χ0) is 14.9. The van der Waals surface area contributed by atoms with Crippen molar-refractivity contribution in [3.8, 4) is 0 Å². The van der Waals surface area contributed by atoms with Crippen molar-refractivity contribution in [3.63, 3.8) is 0 Å². The number of aromatic carboxylic acids is 1. The van der Waals surface area contributed by atoms with Crippen molar-refractivity contribution in [2.45, 2.75) is 32.6 Å². The lowest BCUT2D eigenvalue weighted by molar-refractivity contribution is 0.0699. The van der Waals surface area contributed by atoms with E-state index in [1.54, 1.807) is 0 Å². The van der Waals surface area contributed by atoms with Crippen molar-refractivity contribution < 1.29 is 9.90 Å². The Morgan fingerprint density at radius 3 is 2.60 bits per heavy atom. The molecule has 0 aliphatic carbocycles. The monoisotopic (exact) mass is 309 g/mol. The van der Waals surface area contributed by atoms with Gasteiger partial charge in [0.1, 0.15) is 4.88 Å². The zero-order valence-electron chi connectivity index (χ0n) is 11.6. The Kier molecular flexibility index (Phi) is 4.16. The fourth-order valence-electron chi connectivity index (χ4n) is 1.91. The molecule has 0 spiro atoms. The molecule has 0 saturated carbocycles. The normalized spacial score (nSPS) is 11.6. The number of carbonyl (C=O) groups is 1. The van der Waals surface area contributed by atoms with Crippen LogP contribution in [-0.4, -0.2) is 16.1 Å². The first-order chi connectivity index (χ1) is 9.27. The Balaban J connectivity index is 2.37. The Bertz CT molecular complexity index is 644. The summed E-state index contributed by atoms with van der Waals surface area (Å²) < 4.78 is 0. The molecule has 1 aromatic heterocycles. The summed E-state index contributed by atoms with van der Waals surface area (Å²) in [6.07, 6.45) is 0.599. The highest BCUT2D eigenvalue weighted by atomic mass is 35.5. The van der Waals surface area contributed by atoms with Gasteiger partial charge in [0.05, 0.1) is 10.7 Å². The van der Waals surface area contributed by atoms with Gasteiger partial charge in [-0.05, 0) is 17.7 Å². The highest BCUT2D eigenvalue weighted by Gasteiger charge is 2.26. The quantitative estimate of drug-likeness (QED) is 0.915. The second-order valence-electron chi connectivity index (χ2n) is 5.65. The number of halogens is 1. The molecule has 3 nitrogen and oxygen atoms in total. The predicted molar refractivity (Wildman–Crippen MR) is 82.0 cm³/mol. The smallest absolute Gasteiger partial charge is 0.347 e. The summed E-state index contributed by atoms with van der Waals surface area (Å²) in [4.78, 5) is 16.2. The van der Waals surface area contributed by atoms with Crippen molar-refractivity contribution in [3.05, 3.63) is 50.4 Å². The van der Waals surface area contributed by atoms with Crippen LogP contribution >= 0.6 is 22.9 Å². The molecule has 1 aromatic carbocycles. The summed E-state index contributed by atoms with van der Waals surface area (Å²) in [5, 5.41) is 10.8. The lowest BCUT2D eigenvalue weighted by Crippen LogP contribution is -2.16. The molecule has 0 radical (unpaired) electrons. The van der Waals surface area contributed by atoms with Gasteiger partial charge in [-0.2, -0.15) is 0 Å². The van der Waals surface area contributed by atoms with Gasteiger partial charge in [-0.3, -0.25) is 0 Å². The van der Waals surface area contributed by atoms with Gasteiger partial charge >= 0.3 is 5.97 Å². The van der Waals surface area contributed by atoms with Crippen molar-refractivity contribution in [2.24, 2.45) is 0 Å². The van der Waals surface area contributed by atoms with E-state index in [2.05, 4.69) is 4.98 Å². The highest BCUT2D eigenvalue weighted by molar-refractivity contribution is 7.13. The maximum atomic E-state index is 11.3. The molecule has 1 N–H and O–H groups in total. The van der Waals surface area contributed by atoms with Gasteiger partial charge < -0.3 is 5.11 Å². The minimum absolute atomic E-state index is 0.281. The van der Waals surface area contributed by atoms with Crippen molar-refractivity contribution in [2.75, 3.05) is 0 Å². The van der Waals surface area contributed by atoms with E-state index >= 15 is 0 Å². The van der Waals surface area contributed by atoms with E-state index in [0.717, 1.165) is 10.6 Å². The standard InChI is InChI=1S/C15H16ClNO2S/c1-15(2,3)13-12(14(18)19)20-11(17-13)8-9-5-4-6-10(16)7-9/h4-7H,8H2,1-3H3,(H,18,19). The van der Waals surface area contributed by atoms with Crippen LogP contribution in [-0.2, 0) is 11.8 Å². The summed E-state index contributed by atoms with van der Waals surface area (Å²) in [6.45, 7) is 5.91. The number of hydrogen-bond donors (Lipinski definition) is 1. The van der Waals surface area contributed by atoms with E-state index in [0.29, 0.717) is 22.0 Å². The lowest BCUT2D eigenvalue weighted by atomic mass is 9.91. The molecule has 0 atom stereocenters. The average Bonchev–Trinajstić information content (AvgIpc) is 2.73. The molecule has 0 aliphatic heterocycles. The first-order valence-electron chi connectivity index (χ1n) is 6.25. The summed E-state index contributed by atoms with van der Waals surface area (Å²) in [5.41, 5.74) is 1.40. The van der Waals surface area contributed by atoms with Crippen LogP contribution in [0.4, 0.5) is 0 Å². The molecule has 106 valence electrons. The Morgan fingerprint density at radius 1 is 1.40 bits per heavy atom. The summed E-state index contributed by atoms with van der Waals surface area (Å²) in [6, 6.07) is 7.54. The lowest BCUT2D eigenvalue weighted by Gasteiger charge is -2.16. The molecule has 2 rings (SSSR count). The van der Waals surface area contributed by atoms with Gasteiger partial charge in [0.25, 0.3) is 0 Å². The largest absolute Gasteiger partial charge is 0.477 e. The van der Waals surface area contributed by atoms with E-state index < -0.39 is 5.97 Å². The van der Waals surface area contributed by atoms with Gasteiger partial charge in [-0.25, -0.2) is 9.78 Å². The van der Waals surface area contributed by atoms with Crippen molar-refractivity contribution >= 4 is 28.9 Å². The number of benzene rings is 1. The summed E-state index contributed by atoms with van der Waals surface area (Å²) in [5.74, 6) is -0.912. The third-order valence-corrected chi connectivity index (χ3v) is 4.10. The highest BCUT2D eigenvalue weighted by Crippen LogP contribution is 2.30. The maximum absolute atomic E-state index is 11.3. The third-order valence-electron chi connectivity index (χ3n) is 2.82. The maximum Gasteiger partial charge on any atom is 0.347 e. The molecule has 20 heavy (non-hydrogen) atoms. The molecule has 2 aromatic rings. The minimum atomic E-state index is -0.912. The number of nitrogens with zero attached hydrogens (tertiary/aromatic N) is 1. The van der Waals surface area contributed by atoms with Crippen LogP contribution in [0, 0.1) is 0 Å². The van der Waals surface area contributed by atoms with E-state index in [-0.39, 0.29) is 5.41 Å². The number of carboxylic acids is 1. The number of hydrogen-bond acceptors (Lipinski definition) is 3. The van der Waals surface area contributed by atoms with Crippen LogP contribution in [0.1, 0.15) is 46.7 Å². The summed E-state index contributed by atoms with van der Waals surface area (Å²) >= 11 is 7.20. The van der Waals surface area contributed by atoms with Gasteiger partial charge in [0, 0.05) is 16.9 Å². The van der Waals surface area contributed by atoms with E-state index in [1.807, 2.05) is 45.0 Å². The molecule has 0 bridgehead atoms. The molecule has 0 saturated heterocycles. The molecular formula is C15H16ClNO2S. The van der Waals surface area contributed by atoms with Gasteiger partial charge in [0.15, 0.2) is 0 Å². The van der Waals surface area contributed by atoms with E-state index in [4.69, 9.17) is 11.6 Å². The second kappa shape index (κ2) is 5.54. The minimum Gasteiger partial charge on any atom is -0.477 e. The second-order valence-corrected chi connectivity index (χ2v) is 7.17. The van der Waals surface area contributed by atoms with Gasteiger partial charge in [0.2, 0.25) is 0 Å². The van der Waals surface area contributed by atoms with Gasteiger partial charge in [-0.15, -0.1) is 11.3 Å². The predicted octanol–water partition coefficient (Wildman–Crippen LogP) is 4.38. The molecule has 0 fully saturated rings. The van der Waals surface area contributed by atoms with Crippen molar-refractivity contribution in [1.29, 1.82) is 0 Å². The molecular weight excluding hydrogens is 294 g/mol. The zero-order valence-corrected chi connectivity index (χ0v) is 13.2. The first-order valence-corrected chi connectivity index (χ1v) is 7.45. The average molecular weight is 310 g/mol. The number of aromatic nitrogens is 1. The molecule has 0 aliphatic rings. The first kappa shape index (κ1) is 15.0. The Morgan fingerprint density at radius 2 is 2.10 bits per heavy atom. The molecule has 5 heteroatoms. The topological polar surface area (TPSA) is 50.2 Å². The van der Waals surface area contributed by atoms with Crippen molar-refractivity contribution in [1.82, 2.24) is 4.98 Å². The van der Waals surface area contributed by atoms with E-state index in [9.17, 15) is 9.90 Å². The fourth-order valence-corrected chi connectivity index (χ4v) is 3.27. The Hall–Kier alpha value is -1.39. The number of thiazole rings is 1.